The molecule has 6 heteroatoms. The summed E-state index contributed by atoms with van der Waals surface area (Å²) in [6.45, 7) is 0.762. The van der Waals surface area contributed by atoms with Gasteiger partial charge < -0.3 is 14.6 Å². The molecular weight excluding hydrogens is 244 g/mol. The van der Waals surface area contributed by atoms with Crippen LogP contribution in [0.3, 0.4) is 0 Å². The molecule has 1 atom stereocenters. The lowest BCUT2D eigenvalue weighted by atomic mass is 10.2. The van der Waals surface area contributed by atoms with E-state index in [9.17, 15) is 9.59 Å². The van der Waals surface area contributed by atoms with E-state index in [4.69, 9.17) is 16.3 Å². The number of pyridine rings is 1. The summed E-state index contributed by atoms with van der Waals surface area (Å²) in [5.74, 6) is -0.192. The van der Waals surface area contributed by atoms with Crippen LogP contribution in [-0.4, -0.2) is 48.5 Å². The number of hydrogen-bond donors (Lipinski definition) is 1. The second-order valence-corrected chi connectivity index (χ2v) is 4.30. The molecule has 0 radical (unpaired) electrons. The number of halogens is 1. The highest BCUT2D eigenvalue weighted by Crippen LogP contribution is 2.04. The van der Waals surface area contributed by atoms with Crippen molar-refractivity contribution in [3.05, 3.63) is 34.2 Å². The average Bonchev–Trinajstić information content (AvgIpc) is 2.29. The van der Waals surface area contributed by atoms with Crippen molar-refractivity contribution in [2.24, 2.45) is 0 Å². The molecule has 17 heavy (non-hydrogen) atoms. The number of carbonyl (C=O) groups excluding carboxylic acids is 1. The molecule has 5 nitrogen and oxygen atoms in total. The van der Waals surface area contributed by atoms with Crippen LogP contribution in [-0.2, 0) is 4.74 Å². The Bertz CT molecular complexity index is 412. The van der Waals surface area contributed by atoms with Crippen LogP contribution in [0.25, 0.3) is 0 Å². The maximum Gasteiger partial charge on any atom is 0.255 e. The summed E-state index contributed by atoms with van der Waals surface area (Å²) < 4.78 is 4.89. The Morgan fingerprint density at radius 2 is 2.29 bits per heavy atom. The van der Waals surface area contributed by atoms with Crippen molar-refractivity contribution >= 4 is 17.5 Å². The molecule has 0 aromatic carbocycles. The van der Waals surface area contributed by atoms with Crippen molar-refractivity contribution in [1.29, 1.82) is 0 Å². The minimum Gasteiger partial charge on any atom is -0.383 e. The molecule has 0 aliphatic rings. The second-order valence-electron chi connectivity index (χ2n) is 3.68. The third-order valence-corrected chi connectivity index (χ3v) is 2.46. The van der Waals surface area contributed by atoms with Crippen LogP contribution < -0.4 is 5.56 Å². The van der Waals surface area contributed by atoms with Crippen LogP contribution in [0, 0.1) is 0 Å². The number of amides is 1. The molecule has 1 rings (SSSR count). The number of nitrogens with zero attached hydrogens (tertiary/aromatic N) is 1. The molecule has 0 spiro atoms. The molecule has 1 unspecified atom stereocenters. The maximum atomic E-state index is 11.9. The zero-order chi connectivity index (χ0) is 12.8. The number of aromatic nitrogens is 1. The summed E-state index contributed by atoms with van der Waals surface area (Å²) in [4.78, 5) is 26.7. The summed E-state index contributed by atoms with van der Waals surface area (Å²) in [5, 5.41) is -0.253. The summed E-state index contributed by atoms with van der Waals surface area (Å²) in [7, 11) is 3.21. The van der Waals surface area contributed by atoms with Gasteiger partial charge in [-0.1, -0.05) is 0 Å². The molecule has 0 saturated carbocycles. The Hall–Kier alpha value is -1.33. The molecule has 1 heterocycles. The Balaban J connectivity index is 2.63. The standard InChI is InChI=1S/C11H15ClN2O3/c1-14(6-9(12)7-17-2)11(16)8-3-4-10(15)13-5-8/h3-5,9H,6-7H2,1-2H3,(H,13,15). The number of methoxy groups -OCH3 is 1. The van der Waals surface area contributed by atoms with Crippen molar-refractivity contribution in [2.75, 3.05) is 27.3 Å². The van der Waals surface area contributed by atoms with Gasteiger partial charge in [0.05, 0.1) is 17.5 Å². The van der Waals surface area contributed by atoms with Gasteiger partial charge in [0.25, 0.3) is 5.91 Å². The van der Waals surface area contributed by atoms with Gasteiger partial charge in [-0.15, -0.1) is 11.6 Å². The number of H-pyrrole nitrogens is 1. The molecule has 0 aliphatic heterocycles. The van der Waals surface area contributed by atoms with Crippen LogP contribution >= 0.6 is 11.6 Å². The zero-order valence-corrected chi connectivity index (χ0v) is 10.5. The lowest BCUT2D eigenvalue weighted by Gasteiger charge is -2.19. The third kappa shape index (κ3) is 4.20. The van der Waals surface area contributed by atoms with Crippen LogP contribution in [0.1, 0.15) is 10.4 Å². The van der Waals surface area contributed by atoms with Crippen LogP contribution in [0.2, 0.25) is 0 Å². The van der Waals surface area contributed by atoms with Gasteiger partial charge in [-0.05, 0) is 6.07 Å². The lowest BCUT2D eigenvalue weighted by Crippen LogP contribution is -2.34. The Morgan fingerprint density at radius 1 is 1.59 bits per heavy atom. The molecule has 1 aromatic heterocycles. The predicted molar refractivity (Wildman–Crippen MR) is 65.5 cm³/mol. The first kappa shape index (κ1) is 13.7. The fraction of sp³-hybridized carbons (Fsp3) is 0.455. The molecule has 0 aliphatic carbocycles. The minimum absolute atomic E-state index is 0.192. The minimum atomic E-state index is -0.253. The van der Waals surface area contributed by atoms with Crippen LogP contribution in [0.4, 0.5) is 0 Å². The molecule has 0 bridgehead atoms. The van der Waals surface area contributed by atoms with E-state index in [1.807, 2.05) is 0 Å². The van der Waals surface area contributed by atoms with E-state index in [0.717, 1.165) is 0 Å². The monoisotopic (exact) mass is 258 g/mol. The average molecular weight is 259 g/mol. The van der Waals surface area contributed by atoms with Gasteiger partial charge in [-0.2, -0.15) is 0 Å². The van der Waals surface area contributed by atoms with Crippen molar-refractivity contribution < 1.29 is 9.53 Å². The van der Waals surface area contributed by atoms with E-state index in [2.05, 4.69) is 4.98 Å². The third-order valence-electron chi connectivity index (χ3n) is 2.20. The number of carbonyl (C=O) groups is 1. The van der Waals surface area contributed by atoms with E-state index in [-0.39, 0.29) is 16.8 Å². The first-order valence-corrected chi connectivity index (χ1v) is 5.55. The molecule has 1 N–H and O–H groups in total. The van der Waals surface area contributed by atoms with Gasteiger partial charge >= 0.3 is 0 Å². The normalized spacial score (nSPS) is 12.2. The first-order valence-electron chi connectivity index (χ1n) is 5.11. The molecule has 1 aromatic rings. The highest BCUT2D eigenvalue weighted by molar-refractivity contribution is 6.21. The topological polar surface area (TPSA) is 62.4 Å². The highest BCUT2D eigenvalue weighted by atomic mass is 35.5. The van der Waals surface area contributed by atoms with Crippen LogP contribution in [0.15, 0.2) is 23.1 Å². The predicted octanol–water partition coefficient (Wildman–Crippen LogP) is 0.701. The van der Waals surface area contributed by atoms with Gasteiger partial charge in [-0.3, -0.25) is 9.59 Å². The van der Waals surface area contributed by atoms with Gasteiger partial charge in [0.15, 0.2) is 0 Å². The quantitative estimate of drug-likeness (QED) is 0.791. The summed E-state index contributed by atoms with van der Waals surface area (Å²) in [6, 6.07) is 2.80. The maximum absolute atomic E-state index is 11.9. The Morgan fingerprint density at radius 3 is 2.82 bits per heavy atom. The largest absolute Gasteiger partial charge is 0.383 e. The second kappa shape index (κ2) is 6.42. The fourth-order valence-corrected chi connectivity index (χ4v) is 1.71. The smallest absolute Gasteiger partial charge is 0.255 e. The molecule has 94 valence electrons. The van der Waals surface area contributed by atoms with Crippen molar-refractivity contribution in [2.45, 2.75) is 5.38 Å². The van der Waals surface area contributed by atoms with Gasteiger partial charge in [-0.25, -0.2) is 0 Å². The van der Waals surface area contributed by atoms with Crippen molar-refractivity contribution in [3.63, 3.8) is 0 Å². The number of alkyl halides is 1. The Labute approximate surface area is 104 Å². The van der Waals surface area contributed by atoms with E-state index in [1.165, 1.54) is 23.2 Å². The molecular formula is C11H15ClN2O3. The number of aromatic amines is 1. The number of rotatable bonds is 5. The van der Waals surface area contributed by atoms with E-state index in [1.54, 1.807) is 14.2 Å². The summed E-state index contributed by atoms with van der Waals surface area (Å²) >= 11 is 5.96. The number of nitrogens with one attached hydrogen (secondary N) is 1. The fourth-order valence-electron chi connectivity index (χ4n) is 1.38. The SMILES string of the molecule is COCC(Cl)CN(C)C(=O)c1ccc(=O)[nH]c1. The molecule has 0 saturated heterocycles. The molecule has 0 fully saturated rings. The molecule has 1 amide bonds. The summed E-state index contributed by atoms with van der Waals surface area (Å²) in [5.41, 5.74) is 0.187. The van der Waals surface area contributed by atoms with Gasteiger partial charge in [0.2, 0.25) is 5.56 Å². The van der Waals surface area contributed by atoms with E-state index >= 15 is 0 Å². The van der Waals surface area contributed by atoms with Crippen molar-refractivity contribution in [3.8, 4) is 0 Å². The zero-order valence-electron chi connectivity index (χ0n) is 9.77. The lowest BCUT2D eigenvalue weighted by molar-refractivity contribution is 0.0781. The highest BCUT2D eigenvalue weighted by Gasteiger charge is 2.15. The first-order chi connectivity index (χ1) is 8.04. The van der Waals surface area contributed by atoms with Gasteiger partial charge in [0.1, 0.15) is 0 Å². The number of ether oxygens (including phenoxy) is 1. The van der Waals surface area contributed by atoms with E-state index in [0.29, 0.717) is 18.7 Å². The van der Waals surface area contributed by atoms with Crippen molar-refractivity contribution in [1.82, 2.24) is 9.88 Å². The van der Waals surface area contributed by atoms with Gasteiger partial charge in [0, 0.05) is 33.0 Å². The summed E-state index contributed by atoms with van der Waals surface area (Å²) in [6.07, 6.45) is 1.39. The Kier molecular flexibility index (Phi) is 5.18. The van der Waals surface area contributed by atoms with Crippen LogP contribution in [0.5, 0.6) is 0 Å². The van der Waals surface area contributed by atoms with E-state index < -0.39 is 0 Å². The number of hydrogen-bond acceptors (Lipinski definition) is 3.